The maximum Gasteiger partial charge on any atom is 0.244 e. The zero-order valence-electron chi connectivity index (χ0n) is 16.7. The number of carbonyl (C=O) groups excluding carboxylic acids is 1. The highest BCUT2D eigenvalue weighted by Gasteiger charge is 2.14. The average molecular weight is 393 g/mol. The summed E-state index contributed by atoms with van der Waals surface area (Å²) in [4.78, 5) is 12.5. The third-order valence-corrected chi connectivity index (χ3v) is 4.85. The molecule has 150 valence electrons. The molecule has 0 unspecified atom stereocenters. The number of nitrogens with one attached hydrogen (secondary N) is 1. The lowest BCUT2D eigenvalue weighted by Crippen LogP contribution is -2.20. The summed E-state index contributed by atoms with van der Waals surface area (Å²) in [7, 11) is 0. The SMILES string of the molecule is CCOc1cc2occ(C)c2cc1/C(C)=C/C(=O)NCc1ccc2c(c1)OCO2. The fourth-order valence-electron chi connectivity index (χ4n) is 3.33. The van der Waals surface area contributed by atoms with Gasteiger partial charge in [0.15, 0.2) is 11.5 Å². The molecule has 1 aliphatic heterocycles. The molecule has 0 atom stereocenters. The van der Waals surface area contributed by atoms with Crippen molar-refractivity contribution in [3.63, 3.8) is 0 Å². The second-order valence-corrected chi connectivity index (χ2v) is 6.93. The molecule has 1 N–H and O–H groups in total. The first-order valence-electron chi connectivity index (χ1n) is 9.55. The highest BCUT2D eigenvalue weighted by atomic mass is 16.7. The molecule has 6 nitrogen and oxygen atoms in total. The lowest BCUT2D eigenvalue weighted by molar-refractivity contribution is -0.116. The fourth-order valence-corrected chi connectivity index (χ4v) is 3.33. The second-order valence-electron chi connectivity index (χ2n) is 6.93. The Morgan fingerprint density at radius 1 is 1.21 bits per heavy atom. The van der Waals surface area contributed by atoms with E-state index in [1.807, 2.05) is 51.1 Å². The molecule has 2 aromatic carbocycles. The lowest BCUT2D eigenvalue weighted by atomic mass is 10.0. The number of furan rings is 1. The minimum atomic E-state index is -0.174. The van der Waals surface area contributed by atoms with E-state index in [1.165, 1.54) is 0 Å². The van der Waals surface area contributed by atoms with Crippen LogP contribution in [0.15, 0.2) is 47.1 Å². The van der Waals surface area contributed by atoms with Crippen LogP contribution in [-0.4, -0.2) is 19.3 Å². The molecule has 1 amide bonds. The van der Waals surface area contributed by atoms with Gasteiger partial charge in [-0.1, -0.05) is 6.07 Å². The molecular weight excluding hydrogens is 370 g/mol. The third-order valence-electron chi connectivity index (χ3n) is 4.85. The molecule has 0 spiro atoms. The Labute approximate surface area is 169 Å². The van der Waals surface area contributed by atoms with Gasteiger partial charge in [0.1, 0.15) is 11.3 Å². The molecule has 4 rings (SSSR count). The molecule has 0 fully saturated rings. The summed E-state index contributed by atoms with van der Waals surface area (Å²) < 4.78 is 22.0. The summed E-state index contributed by atoms with van der Waals surface area (Å²) in [5.74, 6) is 1.95. The van der Waals surface area contributed by atoms with Crippen LogP contribution in [0.5, 0.6) is 17.2 Å². The summed E-state index contributed by atoms with van der Waals surface area (Å²) in [6.07, 6.45) is 3.31. The van der Waals surface area contributed by atoms with Crippen LogP contribution in [0.4, 0.5) is 0 Å². The van der Waals surface area contributed by atoms with Crippen molar-refractivity contribution in [2.24, 2.45) is 0 Å². The largest absolute Gasteiger partial charge is 0.493 e. The van der Waals surface area contributed by atoms with Crippen LogP contribution in [0.3, 0.4) is 0 Å². The van der Waals surface area contributed by atoms with E-state index >= 15 is 0 Å². The quantitative estimate of drug-likeness (QED) is 0.621. The number of fused-ring (bicyclic) bond motifs is 2. The zero-order valence-corrected chi connectivity index (χ0v) is 16.7. The third kappa shape index (κ3) is 3.92. The van der Waals surface area contributed by atoms with Crippen molar-refractivity contribution in [1.82, 2.24) is 5.32 Å². The van der Waals surface area contributed by atoms with E-state index in [-0.39, 0.29) is 12.7 Å². The number of ether oxygens (including phenoxy) is 3. The van der Waals surface area contributed by atoms with E-state index < -0.39 is 0 Å². The Morgan fingerprint density at radius 3 is 2.86 bits per heavy atom. The molecule has 0 radical (unpaired) electrons. The monoisotopic (exact) mass is 393 g/mol. The van der Waals surface area contributed by atoms with Crippen molar-refractivity contribution in [1.29, 1.82) is 0 Å². The first kappa shape index (κ1) is 18.9. The molecule has 6 heteroatoms. The number of hydrogen-bond acceptors (Lipinski definition) is 5. The van der Waals surface area contributed by atoms with Gasteiger partial charge in [0.25, 0.3) is 0 Å². The lowest BCUT2D eigenvalue weighted by Gasteiger charge is -2.11. The normalized spacial score (nSPS) is 13.0. The van der Waals surface area contributed by atoms with Crippen molar-refractivity contribution >= 4 is 22.4 Å². The summed E-state index contributed by atoms with van der Waals surface area (Å²) in [6.45, 7) is 6.99. The van der Waals surface area contributed by atoms with Crippen molar-refractivity contribution < 1.29 is 23.4 Å². The molecule has 0 bridgehead atoms. The summed E-state index contributed by atoms with van der Waals surface area (Å²) >= 11 is 0. The Kier molecular flexibility index (Phi) is 5.16. The number of benzene rings is 2. The van der Waals surface area contributed by atoms with Gasteiger partial charge in [0.2, 0.25) is 12.7 Å². The highest BCUT2D eigenvalue weighted by molar-refractivity contribution is 5.97. The van der Waals surface area contributed by atoms with E-state index in [2.05, 4.69) is 5.32 Å². The van der Waals surface area contributed by atoms with Crippen LogP contribution < -0.4 is 19.5 Å². The van der Waals surface area contributed by atoms with Crippen molar-refractivity contribution in [2.75, 3.05) is 13.4 Å². The van der Waals surface area contributed by atoms with Gasteiger partial charge >= 0.3 is 0 Å². The number of aryl methyl sites for hydroxylation is 1. The van der Waals surface area contributed by atoms with Gasteiger partial charge in [0.05, 0.1) is 12.9 Å². The Hall–Kier alpha value is -3.41. The van der Waals surface area contributed by atoms with Crippen LogP contribution >= 0.6 is 0 Å². The van der Waals surface area contributed by atoms with E-state index in [4.69, 9.17) is 18.6 Å². The Morgan fingerprint density at radius 2 is 2.03 bits per heavy atom. The second kappa shape index (κ2) is 7.91. The van der Waals surface area contributed by atoms with Gasteiger partial charge < -0.3 is 23.9 Å². The molecule has 2 heterocycles. The average Bonchev–Trinajstić information content (AvgIpc) is 3.32. The fraction of sp³-hybridized carbons (Fsp3) is 0.261. The Balaban J connectivity index is 1.52. The molecular formula is C23H23NO5. The predicted molar refractivity (Wildman–Crippen MR) is 110 cm³/mol. The minimum Gasteiger partial charge on any atom is -0.493 e. The van der Waals surface area contributed by atoms with Crippen LogP contribution in [0.2, 0.25) is 0 Å². The molecule has 1 aromatic heterocycles. The van der Waals surface area contributed by atoms with Gasteiger partial charge in [-0.3, -0.25) is 4.79 Å². The number of hydrogen-bond donors (Lipinski definition) is 1. The first-order chi connectivity index (χ1) is 14.0. The molecule has 3 aromatic rings. The number of carbonyl (C=O) groups is 1. The van der Waals surface area contributed by atoms with Crippen molar-refractivity contribution in [2.45, 2.75) is 27.3 Å². The minimum absolute atomic E-state index is 0.174. The van der Waals surface area contributed by atoms with Gasteiger partial charge in [-0.05, 0) is 55.7 Å². The number of amides is 1. The molecule has 29 heavy (non-hydrogen) atoms. The van der Waals surface area contributed by atoms with Crippen LogP contribution in [-0.2, 0) is 11.3 Å². The maximum atomic E-state index is 12.5. The van der Waals surface area contributed by atoms with Crippen molar-refractivity contribution in [3.05, 3.63) is 59.4 Å². The van der Waals surface area contributed by atoms with E-state index in [1.54, 1.807) is 12.3 Å². The van der Waals surface area contributed by atoms with Crippen molar-refractivity contribution in [3.8, 4) is 17.2 Å². The Bertz CT molecular complexity index is 1100. The van der Waals surface area contributed by atoms with Gasteiger partial charge in [-0.25, -0.2) is 0 Å². The van der Waals surface area contributed by atoms with Gasteiger partial charge in [0, 0.05) is 29.6 Å². The number of rotatable bonds is 6. The van der Waals surface area contributed by atoms with Crippen LogP contribution in [0, 0.1) is 6.92 Å². The standard InChI is InChI=1S/C23H23NO5/c1-4-26-20-10-21-18(15(3)12-27-21)9-17(20)14(2)7-23(25)24-11-16-5-6-19-22(8-16)29-13-28-19/h5-10,12H,4,11,13H2,1-3H3,(H,24,25)/b14-7+. The van der Waals surface area contributed by atoms with E-state index in [0.29, 0.717) is 24.7 Å². The molecule has 0 saturated heterocycles. The van der Waals surface area contributed by atoms with E-state index in [0.717, 1.165) is 39.0 Å². The predicted octanol–water partition coefficient (Wildman–Crippen LogP) is 4.59. The highest BCUT2D eigenvalue weighted by Crippen LogP contribution is 2.34. The van der Waals surface area contributed by atoms with Gasteiger partial charge in [-0.2, -0.15) is 0 Å². The molecule has 1 aliphatic rings. The smallest absolute Gasteiger partial charge is 0.244 e. The molecule has 0 aliphatic carbocycles. The zero-order chi connectivity index (χ0) is 20.4. The van der Waals surface area contributed by atoms with Gasteiger partial charge in [-0.15, -0.1) is 0 Å². The van der Waals surface area contributed by atoms with E-state index in [9.17, 15) is 4.79 Å². The summed E-state index contributed by atoms with van der Waals surface area (Å²) in [5.41, 5.74) is 4.46. The van der Waals surface area contributed by atoms with Crippen LogP contribution in [0.25, 0.3) is 16.5 Å². The van der Waals surface area contributed by atoms with Crippen LogP contribution in [0.1, 0.15) is 30.5 Å². The molecule has 0 saturated carbocycles. The number of allylic oxidation sites excluding steroid dienone is 1. The summed E-state index contributed by atoms with van der Waals surface area (Å²) in [5, 5.41) is 3.93. The first-order valence-corrected chi connectivity index (χ1v) is 9.55. The topological polar surface area (TPSA) is 69.9 Å². The summed E-state index contributed by atoms with van der Waals surface area (Å²) in [6, 6.07) is 9.52. The maximum absolute atomic E-state index is 12.5.